The Labute approximate surface area is 143 Å². The molecule has 1 amide bonds. The molecule has 24 heavy (non-hydrogen) atoms. The van der Waals surface area contributed by atoms with Crippen LogP contribution >= 0.6 is 0 Å². The highest BCUT2D eigenvalue weighted by Gasteiger charge is 2.21. The van der Waals surface area contributed by atoms with Gasteiger partial charge in [-0.25, -0.2) is 4.79 Å². The van der Waals surface area contributed by atoms with Crippen LogP contribution in [0.1, 0.15) is 38.6 Å². The second kappa shape index (κ2) is 8.96. The van der Waals surface area contributed by atoms with Crippen molar-refractivity contribution in [2.24, 2.45) is 0 Å². The third-order valence-electron chi connectivity index (χ3n) is 3.41. The highest BCUT2D eigenvalue weighted by atomic mass is 16.6. The van der Waals surface area contributed by atoms with Crippen LogP contribution in [0.25, 0.3) is 0 Å². The molecule has 0 radical (unpaired) electrons. The van der Waals surface area contributed by atoms with Gasteiger partial charge in [-0.05, 0) is 39.3 Å². The van der Waals surface area contributed by atoms with Gasteiger partial charge in [0.25, 0.3) is 0 Å². The van der Waals surface area contributed by atoms with Crippen LogP contribution in [0.3, 0.4) is 0 Å². The zero-order valence-corrected chi connectivity index (χ0v) is 14.8. The van der Waals surface area contributed by atoms with Gasteiger partial charge in [0, 0.05) is 26.2 Å². The molecule has 134 valence electrons. The summed E-state index contributed by atoms with van der Waals surface area (Å²) in [4.78, 5) is 24.0. The molecule has 0 unspecified atom stereocenters. The summed E-state index contributed by atoms with van der Waals surface area (Å²) < 4.78 is 5.47. The number of amides is 1. The lowest BCUT2D eigenvalue weighted by molar-refractivity contribution is 0.0140. The zero-order chi connectivity index (χ0) is 17.4. The highest BCUT2D eigenvalue weighted by molar-refractivity contribution is 5.68. The molecule has 2 rings (SSSR count). The quantitative estimate of drug-likeness (QED) is 0.753. The Morgan fingerprint density at radius 3 is 2.75 bits per heavy atom. The van der Waals surface area contributed by atoms with Crippen molar-refractivity contribution in [3.8, 4) is 0 Å². The SMILES string of the molecule is CC(C)(C)OC(=O)N1CCCONCc2cccc(n2)CNCC1. The smallest absolute Gasteiger partial charge is 0.410 e. The van der Waals surface area contributed by atoms with Crippen LogP contribution in [0, 0.1) is 0 Å². The molecule has 0 atom stereocenters. The first kappa shape index (κ1) is 18.6. The largest absolute Gasteiger partial charge is 0.444 e. The third-order valence-corrected chi connectivity index (χ3v) is 3.41. The van der Waals surface area contributed by atoms with Gasteiger partial charge in [-0.2, -0.15) is 5.48 Å². The molecule has 1 aromatic rings. The van der Waals surface area contributed by atoms with Crippen LogP contribution in [0.15, 0.2) is 18.2 Å². The first-order valence-electron chi connectivity index (χ1n) is 8.42. The molecule has 0 fully saturated rings. The second-order valence-corrected chi connectivity index (χ2v) is 6.79. The molecule has 2 N–H and O–H groups in total. The Kier molecular flexibility index (Phi) is 6.96. The van der Waals surface area contributed by atoms with Crippen LogP contribution in [0.2, 0.25) is 0 Å². The minimum Gasteiger partial charge on any atom is -0.444 e. The lowest BCUT2D eigenvalue weighted by atomic mass is 10.2. The molecule has 0 aliphatic carbocycles. The molecule has 2 heterocycles. The van der Waals surface area contributed by atoms with Crippen molar-refractivity contribution in [1.82, 2.24) is 20.7 Å². The number of aromatic nitrogens is 1. The number of nitrogens with one attached hydrogen (secondary N) is 2. The number of hydroxylamine groups is 1. The standard InChI is InChI=1S/C17H28N4O3/c1-17(2,3)24-16(22)21-9-5-11-23-19-13-15-7-4-6-14(20-15)12-18-8-10-21/h4,6-7,18-19H,5,8-13H2,1-3H3. The number of hydrogen-bond acceptors (Lipinski definition) is 6. The Bertz CT molecular complexity index is 531. The van der Waals surface area contributed by atoms with Gasteiger partial charge in [0.2, 0.25) is 0 Å². The van der Waals surface area contributed by atoms with Crippen molar-refractivity contribution in [2.75, 3.05) is 26.2 Å². The molecule has 2 bridgehead atoms. The average Bonchev–Trinajstić information content (AvgIpc) is 2.50. The van der Waals surface area contributed by atoms with Crippen LogP contribution in [0.5, 0.6) is 0 Å². The molecule has 1 aliphatic heterocycles. The predicted octanol–water partition coefficient (Wildman–Crippen LogP) is 1.83. The number of carbonyl (C=O) groups excluding carboxylic acids is 1. The Balaban J connectivity index is 1.95. The molecule has 0 aromatic carbocycles. The van der Waals surface area contributed by atoms with E-state index in [1.807, 2.05) is 39.0 Å². The van der Waals surface area contributed by atoms with Gasteiger partial charge in [0.05, 0.1) is 24.5 Å². The number of carbonyl (C=O) groups is 1. The van der Waals surface area contributed by atoms with Gasteiger partial charge in [-0.3, -0.25) is 4.98 Å². The first-order chi connectivity index (χ1) is 11.4. The number of ether oxygens (including phenoxy) is 1. The highest BCUT2D eigenvalue weighted by Crippen LogP contribution is 2.10. The Morgan fingerprint density at radius 2 is 2.00 bits per heavy atom. The van der Waals surface area contributed by atoms with Crippen molar-refractivity contribution in [1.29, 1.82) is 0 Å². The van der Waals surface area contributed by atoms with E-state index in [2.05, 4.69) is 15.8 Å². The fourth-order valence-electron chi connectivity index (χ4n) is 2.30. The van der Waals surface area contributed by atoms with Gasteiger partial charge < -0.3 is 19.8 Å². The van der Waals surface area contributed by atoms with E-state index in [9.17, 15) is 4.79 Å². The summed E-state index contributed by atoms with van der Waals surface area (Å²) in [6, 6.07) is 5.94. The summed E-state index contributed by atoms with van der Waals surface area (Å²) in [6.07, 6.45) is 0.448. The van der Waals surface area contributed by atoms with Crippen molar-refractivity contribution in [3.63, 3.8) is 0 Å². The Hall–Kier alpha value is -1.70. The van der Waals surface area contributed by atoms with E-state index in [1.54, 1.807) is 4.90 Å². The summed E-state index contributed by atoms with van der Waals surface area (Å²) in [7, 11) is 0. The normalized spacial score (nSPS) is 17.9. The van der Waals surface area contributed by atoms with Crippen LogP contribution in [0.4, 0.5) is 4.79 Å². The summed E-state index contributed by atoms with van der Waals surface area (Å²) >= 11 is 0. The van der Waals surface area contributed by atoms with Crippen LogP contribution in [-0.2, 0) is 22.7 Å². The number of hydrogen-bond donors (Lipinski definition) is 2. The summed E-state index contributed by atoms with van der Waals surface area (Å²) in [6.45, 7) is 9.23. The maximum Gasteiger partial charge on any atom is 0.410 e. The maximum atomic E-state index is 12.3. The molecule has 1 aromatic heterocycles. The van der Waals surface area contributed by atoms with Crippen molar-refractivity contribution < 1.29 is 14.4 Å². The number of rotatable bonds is 0. The monoisotopic (exact) mass is 336 g/mol. The molecular weight excluding hydrogens is 308 g/mol. The van der Waals surface area contributed by atoms with Crippen LogP contribution < -0.4 is 10.8 Å². The lowest BCUT2D eigenvalue weighted by Gasteiger charge is -2.27. The topological polar surface area (TPSA) is 75.7 Å². The zero-order valence-electron chi connectivity index (χ0n) is 14.8. The van der Waals surface area contributed by atoms with Crippen molar-refractivity contribution in [3.05, 3.63) is 29.6 Å². The summed E-state index contributed by atoms with van der Waals surface area (Å²) in [5.74, 6) is 0. The van der Waals surface area contributed by atoms with Crippen molar-refractivity contribution in [2.45, 2.75) is 45.9 Å². The van der Waals surface area contributed by atoms with Gasteiger partial charge in [-0.1, -0.05) is 6.07 Å². The summed E-state index contributed by atoms with van der Waals surface area (Å²) in [5, 5.41) is 3.33. The molecular formula is C17H28N4O3. The van der Waals surface area contributed by atoms with E-state index in [-0.39, 0.29) is 6.09 Å². The molecule has 0 saturated heterocycles. The van der Waals surface area contributed by atoms with E-state index < -0.39 is 5.60 Å². The fraction of sp³-hybridized carbons (Fsp3) is 0.647. The average molecular weight is 336 g/mol. The second-order valence-electron chi connectivity index (χ2n) is 6.79. The van der Waals surface area contributed by atoms with E-state index in [1.165, 1.54) is 0 Å². The minimum absolute atomic E-state index is 0.288. The Morgan fingerprint density at radius 1 is 1.25 bits per heavy atom. The van der Waals surface area contributed by atoms with E-state index in [4.69, 9.17) is 9.57 Å². The molecule has 0 spiro atoms. The van der Waals surface area contributed by atoms with E-state index >= 15 is 0 Å². The van der Waals surface area contributed by atoms with Gasteiger partial charge in [0.1, 0.15) is 5.60 Å². The van der Waals surface area contributed by atoms with Gasteiger partial charge in [0.15, 0.2) is 0 Å². The predicted molar refractivity (Wildman–Crippen MR) is 91.2 cm³/mol. The van der Waals surface area contributed by atoms with E-state index in [0.29, 0.717) is 39.3 Å². The third kappa shape index (κ3) is 6.82. The number of nitrogens with zero attached hydrogens (tertiary/aromatic N) is 2. The molecule has 7 nitrogen and oxygen atoms in total. The van der Waals surface area contributed by atoms with E-state index in [0.717, 1.165) is 17.8 Å². The maximum absolute atomic E-state index is 12.3. The molecule has 0 saturated carbocycles. The fourth-order valence-corrected chi connectivity index (χ4v) is 2.30. The number of pyridine rings is 1. The minimum atomic E-state index is -0.494. The van der Waals surface area contributed by atoms with Crippen LogP contribution in [-0.4, -0.2) is 47.8 Å². The van der Waals surface area contributed by atoms with Gasteiger partial charge >= 0.3 is 6.09 Å². The number of fused-ring (bicyclic) bond motifs is 2. The molecule has 1 aliphatic rings. The molecule has 7 heteroatoms. The first-order valence-corrected chi connectivity index (χ1v) is 8.42. The lowest BCUT2D eigenvalue weighted by Crippen LogP contribution is -2.41. The summed E-state index contributed by atoms with van der Waals surface area (Å²) in [5.41, 5.74) is 4.33. The van der Waals surface area contributed by atoms with Gasteiger partial charge in [-0.15, -0.1) is 0 Å². The van der Waals surface area contributed by atoms with Crippen molar-refractivity contribution >= 4 is 6.09 Å².